The Morgan fingerprint density at radius 2 is 1.67 bits per heavy atom. The monoisotopic (exact) mass is 349 g/mol. The maximum Gasteiger partial charge on any atom is 0.122 e. The summed E-state index contributed by atoms with van der Waals surface area (Å²) >= 11 is 3.41. The summed E-state index contributed by atoms with van der Waals surface area (Å²) in [5, 5.41) is 0. The quantitative estimate of drug-likeness (QED) is 0.773. The van der Waals surface area contributed by atoms with Crippen LogP contribution in [-0.2, 0) is 6.42 Å². The molecule has 2 rings (SSSR count). The van der Waals surface area contributed by atoms with Crippen LogP contribution >= 0.6 is 15.9 Å². The number of nitrogens with two attached hydrogens (primary N) is 1. The minimum atomic E-state index is 0.176. The molecule has 0 aromatic heterocycles. The van der Waals surface area contributed by atoms with E-state index in [9.17, 15) is 0 Å². The highest BCUT2D eigenvalue weighted by atomic mass is 79.9. The van der Waals surface area contributed by atoms with E-state index in [0.717, 1.165) is 22.4 Å². The maximum atomic E-state index is 5.78. The zero-order chi connectivity index (χ0) is 15.1. The van der Waals surface area contributed by atoms with Gasteiger partial charge in [-0.1, -0.05) is 34.1 Å². The van der Waals surface area contributed by atoms with Gasteiger partial charge in [0, 0.05) is 10.5 Å². The molecule has 0 aliphatic rings. The lowest BCUT2D eigenvalue weighted by atomic mass is 10.1. The molecule has 0 fully saturated rings. The number of hydrogen-bond donors (Lipinski definition) is 1. The molecule has 3 nitrogen and oxygen atoms in total. The molecule has 0 aliphatic carbocycles. The molecule has 0 radical (unpaired) electrons. The summed E-state index contributed by atoms with van der Waals surface area (Å²) in [6.07, 6.45) is 0.881. The summed E-state index contributed by atoms with van der Waals surface area (Å²) in [6.45, 7) is 3.03. The molecule has 2 aromatic carbocycles. The number of rotatable bonds is 7. The van der Waals surface area contributed by atoms with Crippen LogP contribution in [0.15, 0.2) is 53.0 Å². The minimum Gasteiger partial charge on any atom is -0.490 e. The minimum absolute atomic E-state index is 0.176. The van der Waals surface area contributed by atoms with Gasteiger partial charge in [-0.3, -0.25) is 0 Å². The van der Waals surface area contributed by atoms with Crippen molar-refractivity contribution in [2.75, 3.05) is 13.2 Å². The summed E-state index contributed by atoms with van der Waals surface area (Å²) in [4.78, 5) is 0. The van der Waals surface area contributed by atoms with Gasteiger partial charge in [-0.2, -0.15) is 0 Å². The molecule has 0 bridgehead atoms. The predicted molar refractivity (Wildman–Crippen MR) is 88.9 cm³/mol. The molecule has 1 unspecified atom stereocenters. The van der Waals surface area contributed by atoms with E-state index in [2.05, 4.69) is 15.9 Å². The van der Waals surface area contributed by atoms with Crippen molar-refractivity contribution in [3.8, 4) is 11.5 Å². The van der Waals surface area contributed by atoms with Crippen molar-refractivity contribution in [3.05, 3.63) is 58.6 Å². The molecule has 0 heterocycles. The van der Waals surface area contributed by atoms with Crippen molar-refractivity contribution in [1.82, 2.24) is 0 Å². The molecular formula is C17H20BrNO2. The van der Waals surface area contributed by atoms with Gasteiger partial charge >= 0.3 is 0 Å². The summed E-state index contributed by atoms with van der Waals surface area (Å²) in [6, 6.07) is 16.0. The van der Waals surface area contributed by atoms with E-state index in [-0.39, 0.29) is 6.04 Å². The molecule has 112 valence electrons. The Kier molecular flexibility index (Phi) is 6.08. The number of hydrogen-bond acceptors (Lipinski definition) is 3. The second kappa shape index (κ2) is 8.05. The second-order valence-electron chi connectivity index (χ2n) is 4.98. The molecule has 0 saturated carbocycles. The topological polar surface area (TPSA) is 44.5 Å². The van der Waals surface area contributed by atoms with Crippen LogP contribution in [0, 0.1) is 0 Å². The highest BCUT2D eigenvalue weighted by molar-refractivity contribution is 9.10. The number of ether oxygens (including phenoxy) is 2. The van der Waals surface area contributed by atoms with Gasteiger partial charge in [0.25, 0.3) is 0 Å². The van der Waals surface area contributed by atoms with Crippen LogP contribution in [0.2, 0.25) is 0 Å². The first-order valence-electron chi connectivity index (χ1n) is 6.99. The number of halogens is 1. The first-order chi connectivity index (χ1) is 10.1. The number of benzene rings is 2. The van der Waals surface area contributed by atoms with E-state index < -0.39 is 0 Å². The van der Waals surface area contributed by atoms with Gasteiger partial charge in [-0.05, 0) is 49.2 Å². The molecule has 2 N–H and O–H groups in total. The van der Waals surface area contributed by atoms with Gasteiger partial charge in [0.1, 0.15) is 24.7 Å². The van der Waals surface area contributed by atoms with Crippen LogP contribution in [0.4, 0.5) is 0 Å². The lowest BCUT2D eigenvalue weighted by molar-refractivity contribution is 0.217. The average Bonchev–Trinajstić information content (AvgIpc) is 2.45. The molecule has 0 aliphatic heterocycles. The summed E-state index contributed by atoms with van der Waals surface area (Å²) in [5.74, 6) is 1.68. The van der Waals surface area contributed by atoms with Gasteiger partial charge in [0.05, 0.1) is 0 Å². The van der Waals surface area contributed by atoms with Gasteiger partial charge in [0.2, 0.25) is 0 Å². The van der Waals surface area contributed by atoms with Crippen LogP contribution in [0.25, 0.3) is 0 Å². The first-order valence-corrected chi connectivity index (χ1v) is 7.78. The van der Waals surface area contributed by atoms with E-state index in [1.165, 1.54) is 5.56 Å². The second-order valence-corrected chi connectivity index (χ2v) is 5.90. The van der Waals surface area contributed by atoms with Crippen molar-refractivity contribution < 1.29 is 9.47 Å². The molecule has 2 aromatic rings. The Balaban J connectivity index is 1.73. The van der Waals surface area contributed by atoms with Crippen molar-refractivity contribution >= 4 is 15.9 Å². The first kappa shape index (κ1) is 15.9. The fraction of sp³-hybridized carbons (Fsp3) is 0.294. The van der Waals surface area contributed by atoms with Gasteiger partial charge in [0.15, 0.2) is 0 Å². The smallest absolute Gasteiger partial charge is 0.122 e. The van der Waals surface area contributed by atoms with Crippen molar-refractivity contribution in [3.63, 3.8) is 0 Å². The van der Waals surface area contributed by atoms with Crippen molar-refractivity contribution in [2.45, 2.75) is 19.4 Å². The van der Waals surface area contributed by atoms with Gasteiger partial charge < -0.3 is 15.2 Å². The molecule has 4 heteroatoms. The van der Waals surface area contributed by atoms with Gasteiger partial charge in [-0.15, -0.1) is 0 Å². The molecule has 0 saturated heterocycles. The molecule has 21 heavy (non-hydrogen) atoms. The highest BCUT2D eigenvalue weighted by Crippen LogP contribution is 2.18. The van der Waals surface area contributed by atoms with Gasteiger partial charge in [-0.25, -0.2) is 0 Å². The SMILES string of the molecule is CC(N)Cc1ccc(OCCOc2cccc(Br)c2)cc1. The fourth-order valence-corrected chi connectivity index (χ4v) is 2.35. The lowest BCUT2D eigenvalue weighted by Gasteiger charge is -2.10. The Hall–Kier alpha value is -1.52. The summed E-state index contributed by atoms with van der Waals surface area (Å²) in [7, 11) is 0. The predicted octanol–water partition coefficient (Wildman–Crippen LogP) is 3.80. The molecular weight excluding hydrogens is 330 g/mol. The van der Waals surface area contributed by atoms with E-state index in [4.69, 9.17) is 15.2 Å². The highest BCUT2D eigenvalue weighted by Gasteiger charge is 2.00. The molecule has 1 atom stereocenters. The van der Waals surface area contributed by atoms with E-state index in [1.807, 2.05) is 55.5 Å². The van der Waals surface area contributed by atoms with Crippen LogP contribution in [0.5, 0.6) is 11.5 Å². The average molecular weight is 350 g/mol. The Morgan fingerprint density at radius 3 is 2.29 bits per heavy atom. The third-order valence-corrected chi connectivity index (χ3v) is 3.39. The summed E-state index contributed by atoms with van der Waals surface area (Å²) in [5.41, 5.74) is 7.00. The van der Waals surface area contributed by atoms with E-state index >= 15 is 0 Å². The maximum absolute atomic E-state index is 5.78. The fourth-order valence-electron chi connectivity index (χ4n) is 1.97. The largest absolute Gasteiger partial charge is 0.490 e. The summed E-state index contributed by atoms with van der Waals surface area (Å²) < 4.78 is 12.3. The van der Waals surface area contributed by atoms with Crippen LogP contribution < -0.4 is 15.2 Å². The van der Waals surface area contributed by atoms with Crippen LogP contribution in [0.3, 0.4) is 0 Å². The zero-order valence-corrected chi connectivity index (χ0v) is 13.7. The molecule has 0 spiro atoms. The zero-order valence-electron chi connectivity index (χ0n) is 12.1. The lowest BCUT2D eigenvalue weighted by Crippen LogP contribution is -2.17. The van der Waals surface area contributed by atoms with E-state index in [0.29, 0.717) is 13.2 Å². The van der Waals surface area contributed by atoms with Crippen molar-refractivity contribution in [1.29, 1.82) is 0 Å². The van der Waals surface area contributed by atoms with Crippen LogP contribution in [-0.4, -0.2) is 19.3 Å². The Labute approximate surface area is 134 Å². The third-order valence-electron chi connectivity index (χ3n) is 2.90. The van der Waals surface area contributed by atoms with Crippen molar-refractivity contribution in [2.24, 2.45) is 5.73 Å². The third kappa shape index (κ3) is 5.78. The van der Waals surface area contributed by atoms with E-state index in [1.54, 1.807) is 0 Å². The standard InChI is InChI=1S/C17H20BrNO2/c1-13(19)11-14-5-7-16(8-6-14)20-9-10-21-17-4-2-3-15(18)12-17/h2-8,12-13H,9-11,19H2,1H3. The molecule has 0 amide bonds. The normalized spacial score (nSPS) is 12.0. The Bertz CT molecular complexity index is 555. The van der Waals surface area contributed by atoms with Crippen LogP contribution in [0.1, 0.15) is 12.5 Å². The Morgan fingerprint density at radius 1 is 1.00 bits per heavy atom.